The highest BCUT2D eigenvalue weighted by molar-refractivity contribution is 5.73. The van der Waals surface area contributed by atoms with Crippen LogP contribution >= 0.6 is 0 Å². The van der Waals surface area contributed by atoms with Gasteiger partial charge in [-0.1, -0.05) is 24.3 Å². The average molecular weight is 346 g/mol. The highest BCUT2D eigenvalue weighted by Crippen LogP contribution is 2.30. The number of aliphatic hydroxyl groups is 1. The standard InChI is InChI=1S/C18H19FN2O4/c19-15-7-12(5-6-13(15)10-22)8-20-18(23)21-9-14-11-24-16-3-1-2-4-17(16)25-14/h1-7,14,22H,8-11H2,(H2,20,21,23)/t14-/m0/s1. The van der Waals surface area contributed by atoms with Gasteiger partial charge in [0, 0.05) is 12.1 Å². The number of benzene rings is 2. The van der Waals surface area contributed by atoms with Crippen molar-refractivity contribution >= 4 is 6.03 Å². The Morgan fingerprint density at radius 1 is 1.20 bits per heavy atom. The lowest BCUT2D eigenvalue weighted by atomic mass is 10.1. The average Bonchev–Trinajstić information content (AvgIpc) is 2.64. The first-order valence-electron chi connectivity index (χ1n) is 7.94. The second-order valence-electron chi connectivity index (χ2n) is 5.65. The van der Waals surface area contributed by atoms with Crippen molar-refractivity contribution in [2.75, 3.05) is 13.2 Å². The number of halogens is 1. The number of aliphatic hydroxyl groups excluding tert-OH is 1. The number of carbonyl (C=O) groups is 1. The van der Waals surface area contributed by atoms with Crippen LogP contribution in [-0.2, 0) is 13.2 Å². The number of para-hydroxylation sites is 2. The molecule has 132 valence electrons. The third kappa shape index (κ3) is 4.39. The molecule has 2 amide bonds. The minimum absolute atomic E-state index is 0.180. The summed E-state index contributed by atoms with van der Waals surface area (Å²) in [5, 5.41) is 14.3. The fourth-order valence-corrected chi connectivity index (χ4v) is 2.44. The molecule has 0 unspecified atom stereocenters. The zero-order valence-corrected chi connectivity index (χ0v) is 13.5. The van der Waals surface area contributed by atoms with Crippen LogP contribution in [0.25, 0.3) is 0 Å². The number of amides is 2. The number of rotatable bonds is 5. The van der Waals surface area contributed by atoms with Crippen LogP contribution in [0.2, 0.25) is 0 Å². The fraction of sp³-hybridized carbons (Fsp3) is 0.278. The lowest BCUT2D eigenvalue weighted by Crippen LogP contribution is -2.44. The quantitative estimate of drug-likeness (QED) is 0.773. The second-order valence-corrected chi connectivity index (χ2v) is 5.65. The monoisotopic (exact) mass is 346 g/mol. The van der Waals surface area contributed by atoms with Gasteiger partial charge in [-0.25, -0.2) is 9.18 Å². The molecule has 3 N–H and O–H groups in total. The molecule has 0 aliphatic carbocycles. The Hall–Kier alpha value is -2.80. The first-order valence-corrected chi connectivity index (χ1v) is 7.94. The number of fused-ring (bicyclic) bond motifs is 1. The predicted molar refractivity (Wildman–Crippen MR) is 88.9 cm³/mol. The van der Waals surface area contributed by atoms with Gasteiger partial charge in [0.1, 0.15) is 12.4 Å². The van der Waals surface area contributed by atoms with E-state index in [-0.39, 0.29) is 37.4 Å². The lowest BCUT2D eigenvalue weighted by molar-refractivity contribution is 0.0918. The summed E-state index contributed by atoms with van der Waals surface area (Å²) in [4.78, 5) is 11.9. The van der Waals surface area contributed by atoms with Crippen LogP contribution in [0.5, 0.6) is 11.5 Å². The van der Waals surface area contributed by atoms with Gasteiger partial charge >= 0.3 is 6.03 Å². The third-order valence-corrected chi connectivity index (χ3v) is 3.80. The van der Waals surface area contributed by atoms with E-state index in [0.29, 0.717) is 23.7 Å². The Kier molecular flexibility index (Phi) is 5.35. The molecule has 1 aliphatic heterocycles. The zero-order chi connectivity index (χ0) is 17.6. The summed E-state index contributed by atoms with van der Waals surface area (Å²) in [5.41, 5.74) is 0.832. The molecule has 6 nitrogen and oxygen atoms in total. The fourth-order valence-electron chi connectivity index (χ4n) is 2.44. The molecule has 0 radical (unpaired) electrons. The van der Waals surface area contributed by atoms with Crippen molar-refractivity contribution in [1.29, 1.82) is 0 Å². The summed E-state index contributed by atoms with van der Waals surface area (Å²) >= 11 is 0. The van der Waals surface area contributed by atoms with E-state index in [1.54, 1.807) is 6.07 Å². The number of nitrogens with one attached hydrogen (secondary N) is 2. The van der Waals surface area contributed by atoms with Crippen LogP contribution < -0.4 is 20.1 Å². The van der Waals surface area contributed by atoms with Crippen molar-refractivity contribution in [2.45, 2.75) is 19.3 Å². The molecule has 1 atom stereocenters. The van der Waals surface area contributed by atoms with Gasteiger partial charge in [-0.15, -0.1) is 0 Å². The summed E-state index contributed by atoms with van der Waals surface area (Å²) < 4.78 is 24.9. The van der Waals surface area contributed by atoms with E-state index in [9.17, 15) is 9.18 Å². The van der Waals surface area contributed by atoms with E-state index < -0.39 is 5.82 Å². The summed E-state index contributed by atoms with van der Waals surface area (Å²) in [6.45, 7) is 0.467. The minimum atomic E-state index is -0.492. The molecular formula is C18H19FN2O4. The molecule has 0 saturated heterocycles. The molecule has 7 heteroatoms. The van der Waals surface area contributed by atoms with E-state index in [1.807, 2.05) is 24.3 Å². The molecule has 0 saturated carbocycles. The number of urea groups is 1. The second kappa shape index (κ2) is 7.85. The summed E-state index contributed by atoms with van der Waals surface area (Å²) in [5.74, 6) is 0.852. The van der Waals surface area contributed by atoms with Gasteiger partial charge in [-0.05, 0) is 23.8 Å². The molecule has 1 aliphatic rings. The SMILES string of the molecule is O=C(NCc1ccc(CO)c(F)c1)NC[C@H]1COc2ccccc2O1. The maximum absolute atomic E-state index is 13.6. The largest absolute Gasteiger partial charge is 0.486 e. The van der Waals surface area contributed by atoms with Crippen molar-refractivity contribution in [3.63, 3.8) is 0 Å². The first-order chi connectivity index (χ1) is 12.2. The predicted octanol–water partition coefficient (Wildman–Crippen LogP) is 1.96. The van der Waals surface area contributed by atoms with Crippen LogP contribution in [0.1, 0.15) is 11.1 Å². The molecule has 3 rings (SSSR count). The van der Waals surface area contributed by atoms with Gasteiger partial charge in [-0.2, -0.15) is 0 Å². The molecule has 2 aromatic carbocycles. The van der Waals surface area contributed by atoms with Crippen LogP contribution in [0.4, 0.5) is 9.18 Å². The van der Waals surface area contributed by atoms with Crippen molar-refractivity contribution in [2.24, 2.45) is 0 Å². The van der Waals surface area contributed by atoms with Crippen LogP contribution in [0, 0.1) is 5.82 Å². The van der Waals surface area contributed by atoms with Gasteiger partial charge in [0.25, 0.3) is 0 Å². The number of carbonyl (C=O) groups excluding carboxylic acids is 1. The maximum atomic E-state index is 13.6. The van der Waals surface area contributed by atoms with Crippen LogP contribution in [0.3, 0.4) is 0 Å². The van der Waals surface area contributed by atoms with Gasteiger partial charge < -0.3 is 25.2 Å². The van der Waals surface area contributed by atoms with E-state index in [4.69, 9.17) is 14.6 Å². The van der Waals surface area contributed by atoms with E-state index in [2.05, 4.69) is 10.6 Å². The molecular weight excluding hydrogens is 327 g/mol. The van der Waals surface area contributed by atoms with Crippen LogP contribution in [-0.4, -0.2) is 30.4 Å². The Morgan fingerprint density at radius 3 is 2.76 bits per heavy atom. The molecule has 0 bridgehead atoms. The molecule has 1 heterocycles. The first kappa shape index (κ1) is 17.0. The summed E-state index contributed by atoms with van der Waals surface area (Å²) in [6, 6.07) is 11.4. The van der Waals surface area contributed by atoms with Crippen molar-refractivity contribution in [3.8, 4) is 11.5 Å². The van der Waals surface area contributed by atoms with Crippen molar-refractivity contribution in [1.82, 2.24) is 10.6 Å². The summed E-state index contributed by atoms with van der Waals surface area (Å²) in [7, 11) is 0. The summed E-state index contributed by atoms with van der Waals surface area (Å²) in [6.07, 6.45) is -0.276. The smallest absolute Gasteiger partial charge is 0.315 e. The molecule has 0 fully saturated rings. The zero-order valence-electron chi connectivity index (χ0n) is 13.5. The van der Waals surface area contributed by atoms with E-state index in [0.717, 1.165) is 0 Å². The lowest BCUT2D eigenvalue weighted by Gasteiger charge is -2.26. The number of hydrogen-bond donors (Lipinski definition) is 3. The Morgan fingerprint density at radius 2 is 2.00 bits per heavy atom. The highest BCUT2D eigenvalue weighted by atomic mass is 19.1. The highest BCUT2D eigenvalue weighted by Gasteiger charge is 2.20. The Labute approximate surface area is 144 Å². The Bertz CT molecular complexity index is 754. The van der Waals surface area contributed by atoms with E-state index in [1.165, 1.54) is 12.1 Å². The maximum Gasteiger partial charge on any atom is 0.315 e. The van der Waals surface area contributed by atoms with Crippen molar-refractivity contribution in [3.05, 3.63) is 59.4 Å². The number of ether oxygens (including phenoxy) is 2. The van der Waals surface area contributed by atoms with Gasteiger partial charge in [0.05, 0.1) is 13.2 Å². The molecule has 2 aromatic rings. The van der Waals surface area contributed by atoms with E-state index >= 15 is 0 Å². The minimum Gasteiger partial charge on any atom is -0.486 e. The van der Waals surface area contributed by atoms with Gasteiger partial charge in [-0.3, -0.25) is 0 Å². The molecule has 0 aromatic heterocycles. The normalized spacial score (nSPS) is 15.5. The molecule has 0 spiro atoms. The van der Waals surface area contributed by atoms with Gasteiger partial charge in [0.15, 0.2) is 17.6 Å². The van der Waals surface area contributed by atoms with Gasteiger partial charge in [0.2, 0.25) is 0 Å². The van der Waals surface area contributed by atoms with Crippen LogP contribution in [0.15, 0.2) is 42.5 Å². The Balaban J connectivity index is 1.44. The molecule has 25 heavy (non-hydrogen) atoms. The van der Waals surface area contributed by atoms with Crippen molar-refractivity contribution < 1.29 is 23.8 Å². The third-order valence-electron chi connectivity index (χ3n) is 3.80. The topological polar surface area (TPSA) is 79.8 Å². The number of hydrogen-bond acceptors (Lipinski definition) is 4.